The summed E-state index contributed by atoms with van der Waals surface area (Å²) in [6.07, 6.45) is 1.90. The molecule has 0 spiro atoms. The zero-order chi connectivity index (χ0) is 10.4. The second kappa shape index (κ2) is 5.64. The monoisotopic (exact) mass is 197 g/mol. The third-order valence-corrected chi connectivity index (χ3v) is 1.76. The van der Waals surface area contributed by atoms with Crippen molar-refractivity contribution in [1.29, 1.82) is 0 Å². The summed E-state index contributed by atoms with van der Waals surface area (Å²) < 4.78 is 10.1. The third-order valence-electron chi connectivity index (χ3n) is 1.76. The first-order chi connectivity index (χ1) is 6.81. The van der Waals surface area contributed by atoms with Crippen molar-refractivity contribution < 1.29 is 9.47 Å². The molecule has 0 saturated carbocycles. The molecule has 0 fully saturated rings. The van der Waals surface area contributed by atoms with Crippen molar-refractivity contribution in [3.05, 3.63) is 23.8 Å². The number of hydrogen-bond acceptors (Lipinski definition) is 5. The van der Waals surface area contributed by atoms with Crippen LogP contribution in [0.4, 0.5) is 0 Å². The Balaban J connectivity index is 2.81. The lowest BCUT2D eigenvalue weighted by molar-refractivity contribution is -0.108. The van der Waals surface area contributed by atoms with Gasteiger partial charge in [-0.1, -0.05) is 0 Å². The van der Waals surface area contributed by atoms with Crippen molar-refractivity contribution in [3.63, 3.8) is 0 Å². The lowest BCUT2D eigenvalue weighted by atomic mass is 10.3. The average molecular weight is 197 g/mol. The van der Waals surface area contributed by atoms with Gasteiger partial charge in [0.15, 0.2) is 0 Å². The van der Waals surface area contributed by atoms with Crippen LogP contribution >= 0.6 is 0 Å². The van der Waals surface area contributed by atoms with E-state index < -0.39 is 6.29 Å². The first-order valence-corrected chi connectivity index (χ1v) is 4.39. The van der Waals surface area contributed by atoms with Crippen LogP contribution in [0, 0.1) is 0 Å². The minimum Gasteiger partial charge on any atom is -0.350 e. The maximum absolute atomic E-state index is 5.41. The van der Waals surface area contributed by atoms with E-state index in [9.17, 15) is 0 Å². The molecule has 1 aromatic heterocycles. The molecule has 78 valence electrons. The molecular weight excluding hydrogens is 182 g/mol. The molecule has 0 saturated heterocycles. The predicted molar refractivity (Wildman–Crippen MR) is 51.5 cm³/mol. The molecule has 14 heavy (non-hydrogen) atoms. The lowest BCUT2D eigenvalue weighted by Crippen LogP contribution is -2.11. The second-order valence-electron chi connectivity index (χ2n) is 2.74. The van der Waals surface area contributed by atoms with Crippen molar-refractivity contribution >= 4 is 0 Å². The number of methoxy groups -OCH3 is 2. The third kappa shape index (κ3) is 2.73. The molecule has 0 amide bonds. The Bertz CT molecular complexity index is 277. The van der Waals surface area contributed by atoms with Gasteiger partial charge in [-0.2, -0.15) is 0 Å². The van der Waals surface area contributed by atoms with Crippen molar-refractivity contribution in [2.75, 3.05) is 20.8 Å². The molecule has 1 aromatic rings. The van der Waals surface area contributed by atoms with Crippen LogP contribution in [0.1, 0.15) is 17.8 Å². The van der Waals surface area contributed by atoms with Crippen LogP contribution in [0.2, 0.25) is 0 Å². The SMILES string of the molecule is COC(OC)c1ccnc(CCN)n1. The van der Waals surface area contributed by atoms with Gasteiger partial charge in [0.2, 0.25) is 6.29 Å². The van der Waals surface area contributed by atoms with E-state index in [0.717, 1.165) is 0 Å². The zero-order valence-corrected chi connectivity index (χ0v) is 8.43. The Labute approximate surface area is 83.3 Å². The highest BCUT2D eigenvalue weighted by molar-refractivity contribution is 5.04. The lowest BCUT2D eigenvalue weighted by Gasteiger charge is -2.12. The minimum atomic E-state index is -0.436. The minimum absolute atomic E-state index is 0.436. The fourth-order valence-electron chi connectivity index (χ4n) is 1.13. The molecule has 1 heterocycles. The molecule has 0 atom stereocenters. The van der Waals surface area contributed by atoms with Crippen molar-refractivity contribution in [3.8, 4) is 0 Å². The Morgan fingerprint density at radius 2 is 2.14 bits per heavy atom. The van der Waals surface area contributed by atoms with Gasteiger partial charge in [-0.3, -0.25) is 0 Å². The molecule has 0 aliphatic heterocycles. The molecule has 0 unspecified atom stereocenters. The van der Waals surface area contributed by atoms with Gasteiger partial charge in [-0.25, -0.2) is 9.97 Å². The highest BCUT2D eigenvalue weighted by Gasteiger charge is 2.10. The number of hydrogen-bond donors (Lipinski definition) is 1. The van der Waals surface area contributed by atoms with Crippen LogP contribution in [0.25, 0.3) is 0 Å². The molecule has 0 aliphatic carbocycles. The molecular formula is C9H15N3O2. The molecule has 0 radical (unpaired) electrons. The fraction of sp³-hybridized carbons (Fsp3) is 0.556. The van der Waals surface area contributed by atoms with Gasteiger partial charge in [0.25, 0.3) is 0 Å². The molecule has 5 heteroatoms. The molecule has 0 aromatic carbocycles. The van der Waals surface area contributed by atoms with Gasteiger partial charge in [0, 0.05) is 26.8 Å². The van der Waals surface area contributed by atoms with E-state index in [1.807, 2.05) is 0 Å². The summed E-state index contributed by atoms with van der Waals surface area (Å²) in [5.74, 6) is 0.712. The summed E-state index contributed by atoms with van der Waals surface area (Å²) in [4.78, 5) is 8.34. The Kier molecular flexibility index (Phi) is 4.45. The zero-order valence-electron chi connectivity index (χ0n) is 8.43. The van der Waals surface area contributed by atoms with Gasteiger partial charge < -0.3 is 15.2 Å². The van der Waals surface area contributed by atoms with Gasteiger partial charge in [0.05, 0.1) is 5.69 Å². The number of ether oxygens (including phenoxy) is 2. The van der Waals surface area contributed by atoms with Gasteiger partial charge in [0.1, 0.15) is 5.82 Å². The average Bonchev–Trinajstić information content (AvgIpc) is 2.21. The summed E-state index contributed by atoms with van der Waals surface area (Å²) in [5.41, 5.74) is 6.13. The van der Waals surface area contributed by atoms with Crippen LogP contribution in [-0.4, -0.2) is 30.7 Å². The summed E-state index contributed by atoms with van der Waals surface area (Å²) in [7, 11) is 3.14. The van der Waals surface area contributed by atoms with Gasteiger partial charge in [-0.15, -0.1) is 0 Å². The van der Waals surface area contributed by atoms with E-state index in [1.165, 1.54) is 0 Å². The predicted octanol–water partition coefficient (Wildman–Crippen LogP) is 0.269. The first kappa shape index (κ1) is 11.0. The van der Waals surface area contributed by atoms with Crippen LogP contribution in [-0.2, 0) is 15.9 Å². The standard InChI is InChI=1S/C9H15N3O2/c1-13-9(14-2)7-4-6-11-8(12-7)3-5-10/h4,6,9H,3,5,10H2,1-2H3. The quantitative estimate of drug-likeness (QED) is 0.686. The molecule has 0 bridgehead atoms. The van der Waals surface area contributed by atoms with Crippen molar-refractivity contribution in [2.45, 2.75) is 12.7 Å². The van der Waals surface area contributed by atoms with E-state index in [0.29, 0.717) is 24.5 Å². The molecule has 5 nitrogen and oxygen atoms in total. The van der Waals surface area contributed by atoms with Crippen molar-refractivity contribution in [2.24, 2.45) is 5.73 Å². The number of rotatable bonds is 5. The molecule has 0 aliphatic rings. The summed E-state index contributed by atoms with van der Waals surface area (Å²) in [6.45, 7) is 0.536. The van der Waals surface area contributed by atoms with Gasteiger partial charge >= 0.3 is 0 Å². The van der Waals surface area contributed by atoms with Gasteiger partial charge in [-0.05, 0) is 12.6 Å². The van der Waals surface area contributed by atoms with E-state index in [1.54, 1.807) is 26.5 Å². The topological polar surface area (TPSA) is 70.3 Å². The van der Waals surface area contributed by atoms with E-state index >= 15 is 0 Å². The van der Waals surface area contributed by atoms with Crippen molar-refractivity contribution in [1.82, 2.24) is 9.97 Å². The Morgan fingerprint density at radius 3 is 2.71 bits per heavy atom. The maximum atomic E-state index is 5.41. The van der Waals surface area contributed by atoms with E-state index in [2.05, 4.69) is 9.97 Å². The highest BCUT2D eigenvalue weighted by Crippen LogP contribution is 2.13. The fourth-order valence-corrected chi connectivity index (χ4v) is 1.13. The van der Waals surface area contributed by atoms with Crippen LogP contribution in [0.3, 0.4) is 0 Å². The normalized spacial score (nSPS) is 10.9. The first-order valence-electron chi connectivity index (χ1n) is 4.39. The summed E-state index contributed by atoms with van der Waals surface area (Å²) in [5, 5.41) is 0. The summed E-state index contributed by atoms with van der Waals surface area (Å²) in [6, 6.07) is 1.76. The summed E-state index contributed by atoms with van der Waals surface area (Å²) >= 11 is 0. The number of aromatic nitrogens is 2. The maximum Gasteiger partial charge on any atom is 0.200 e. The van der Waals surface area contributed by atoms with E-state index in [4.69, 9.17) is 15.2 Å². The number of nitrogens with zero attached hydrogens (tertiary/aromatic N) is 2. The molecule has 1 rings (SSSR count). The van der Waals surface area contributed by atoms with E-state index in [-0.39, 0.29) is 0 Å². The number of nitrogens with two attached hydrogens (primary N) is 1. The Hall–Kier alpha value is -1.04. The highest BCUT2D eigenvalue weighted by atomic mass is 16.7. The Morgan fingerprint density at radius 1 is 1.43 bits per heavy atom. The molecule has 2 N–H and O–H groups in total. The van der Waals surface area contributed by atoms with Crippen LogP contribution in [0.5, 0.6) is 0 Å². The largest absolute Gasteiger partial charge is 0.350 e. The van der Waals surface area contributed by atoms with Crippen LogP contribution in [0.15, 0.2) is 12.3 Å². The second-order valence-corrected chi connectivity index (χ2v) is 2.74. The smallest absolute Gasteiger partial charge is 0.200 e. The van der Waals surface area contributed by atoms with Crippen LogP contribution < -0.4 is 5.73 Å².